The van der Waals surface area contributed by atoms with Crippen LogP contribution in [0.4, 0.5) is 29.3 Å². The summed E-state index contributed by atoms with van der Waals surface area (Å²) in [6, 6.07) is 2.57. The van der Waals surface area contributed by atoms with Crippen molar-refractivity contribution >= 4 is 17.4 Å². The predicted molar refractivity (Wildman–Crippen MR) is 112 cm³/mol. The van der Waals surface area contributed by atoms with E-state index in [9.17, 15) is 18.0 Å². The van der Waals surface area contributed by atoms with Gasteiger partial charge in [-0.2, -0.15) is 13.2 Å². The number of nitrogens with zero attached hydrogens (tertiary/aromatic N) is 3. The zero-order valence-corrected chi connectivity index (χ0v) is 17.9. The number of alkyl halides is 3. The first kappa shape index (κ1) is 22.9. The van der Waals surface area contributed by atoms with E-state index in [1.807, 2.05) is 30.2 Å². The van der Waals surface area contributed by atoms with Crippen LogP contribution < -0.4 is 15.5 Å². The zero-order chi connectivity index (χ0) is 22.6. The molecule has 0 saturated carbocycles. The molecule has 1 atom stereocenters. The Morgan fingerprint density at radius 3 is 2.52 bits per heavy atom. The Morgan fingerprint density at radius 2 is 1.94 bits per heavy atom. The van der Waals surface area contributed by atoms with Gasteiger partial charge >= 0.3 is 12.2 Å². The molecule has 3 rings (SSSR count). The molecule has 2 heterocycles. The van der Waals surface area contributed by atoms with Gasteiger partial charge in [0.25, 0.3) is 0 Å². The Labute approximate surface area is 179 Å². The number of urea groups is 1. The van der Waals surface area contributed by atoms with Crippen LogP contribution in [-0.2, 0) is 17.5 Å². The molecule has 2 aromatic rings. The molecule has 31 heavy (non-hydrogen) atoms. The van der Waals surface area contributed by atoms with Crippen molar-refractivity contribution in [1.82, 2.24) is 14.9 Å². The minimum atomic E-state index is -4.51. The molecule has 0 bridgehead atoms. The monoisotopic (exact) mass is 439 g/mol. The van der Waals surface area contributed by atoms with Crippen LogP contribution in [0.15, 0.2) is 36.9 Å². The van der Waals surface area contributed by atoms with Crippen LogP contribution in [0.1, 0.15) is 26.3 Å². The number of anilines is 2. The van der Waals surface area contributed by atoms with E-state index >= 15 is 0 Å². The molecule has 1 fully saturated rings. The van der Waals surface area contributed by atoms with Gasteiger partial charge in [-0.1, -0.05) is 20.8 Å². The lowest BCUT2D eigenvalue weighted by Crippen LogP contribution is -2.48. The second-order valence-corrected chi connectivity index (χ2v) is 8.61. The molecule has 1 saturated heterocycles. The van der Waals surface area contributed by atoms with E-state index < -0.39 is 17.8 Å². The highest BCUT2D eigenvalue weighted by atomic mass is 19.4. The molecule has 1 aromatic heterocycles. The molecule has 1 unspecified atom stereocenters. The Kier molecular flexibility index (Phi) is 6.78. The predicted octanol–water partition coefficient (Wildman–Crippen LogP) is 3.97. The summed E-state index contributed by atoms with van der Waals surface area (Å²) in [5, 5.41) is 5.55. The van der Waals surface area contributed by atoms with Crippen LogP contribution in [0.5, 0.6) is 0 Å². The molecule has 10 heteroatoms. The van der Waals surface area contributed by atoms with E-state index in [1.54, 1.807) is 18.7 Å². The highest BCUT2D eigenvalue weighted by molar-refractivity contribution is 5.93. The van der Waals surface area contributed by atoms with E-state index in [1.165, 1.54) is 6.07 Å². The molecular formula is C21H28F3N5O2. The van der Waals surface area contributed by atoms with Crippen molar-refractivity contribution in [2.24, 2.45) is 5.41 Å². The number of carbonyl (C=O) groups is 1. The van der Waals surface area contributed by atoms with Crippen LogP contribution in [-0.4, -0.2) is 47.9 Å². The zero-order valence-electron chi connectivity index (χ0n) is 17.9. The van der Waals surface area contributed by atoms with Crippen molar-refractivity contribution in [2.45, 2.75) is 39.5 Å². The van der Waals surface area contributed by atoms with Gasteiger partial charge < -0.3 is 24.8 Å². The van der Waals surface area contributed by atoms with E-state index in [4.69, 9.17) is 4.74 Å². The molecule has 1 aliphatic rings. The van der Waals surface area contributed by atoms with Crippen molar-refractivity contribution < 1.29 is 22.7 Å². The average molecular weight is 439 g/mol. The molecule has 0 spiro atoms. The number of benzene rings is 1. The van der Waals surface area contributed by atoms with Gasteiger partial charge in [0.2, 0.25) is 0 Å². The fraction of sp³-hybridized carbons (Fsp3) is 0.524. The molecule has 0 aliphatic carbocycles. The number of nitrogens with one attached hydrogen (secondary N) is 2. The van der Waals surface area contributed by atoms with Gasteiger partial charge in [-0.25, -0.2) is 9.78 Å². The normalized spacial score (nSPS) is 16.1. The quantitative estimate of drug-likeness (QED) is 0.740. The fourth-order valence-electron chi connectivity index (χ4n) is 3.35. The summed E-state index contributed by atoms with van der Waals surface area (Å²) in [5.74, 6) is 0. The van der Waals surface area contributed by atoms with E-state index in [0.29, 0.717) is 38.5 Å². The molecule has 2 N–H and O–H groups in total. The third-order valence-corrected chi connectivity index (χ3v) is 5.23. The number of halogens is 3. The summed E-state index contributed by atoms with van der Waals surface area (Å²) in [6.07, 6.45) is 0.589. The lowest BCUT2D eigenvalue weighted by molar-refractivity contribution is -0.137. The summed E-state index contributed by atoms with van der Waals surface area (Å²) in [6.45, 7) is 8.46. The number of hydrogen-bond donors (Lipinski definition) is 2. The van der Waals surface area contributed by atoms with Crippen molar-refractivity contribution in [3.05, 3.63) is 42.5 Å². The van der Waals surface area contributed by atoms with Gasteiger partial charge in [-0.15, -0.1) is 0 Å². The number of ether oxygens (including phenoxy) is 1. The number of aromatic nitrogens is 2. The average Bonchev–Trinajstić information content (AvgIpc) is 3.20. The van der Waals surface area contributed by atoms with Crippen LogP contribution in [0.25, 0.3) is 0 Å². The van der Waals surface area contributed by atoms with Crippen molar-refractivity contribution in [1.29, 1.82) is 0 Å². The second kappa shape index (κ2) is 9.17. The molecule has 7 nitrogen and oxygen atoms in total. The van der Waals surface area contributed by atoms with E-state index in [-0.39, 0.29) is 17.1 Å². The molecule has 1 aromatic carbocycles. The number of morpholine rings is 1. The first-order valence-corrected chi connectivity index (χ1v) is 10.1. The van der Waals surface area contributed by atoms with Crippen LogP contribution in [0.2, 0.25) is 0 Å². The van der Waals surface area contributed by atoms with Crippen LogP contribution in [0.3, 0.4) is 0 Å². The molecular weight excluding hydrogens is 411 g/mol. The number of rotatable bonds is 5. The Bertz CT molecular complexity index is 872. The maximum Gasteiger partial charge on any atom is 0.416 e. The van der Waals surface area contributed by atoms with Gasteiger partial charge in [0.1, 0.15) is 0 Å². The SMILES string of the molecule is CC(C)(C)C(Cn1ccnc1)NC(=O)Nc1cc(C(F)(F)F)ccc1N1CCOCC1. The summed E-state index contributed by atoms with van der Waals surface area (Å²) in [5.41, 5.74) is -0.453. The van der Waals surface area contributed by atoms with Gasteiger partial charge in [-0.05, 0) is 23.6 Å². The highest BCUT2D eigenvalue weighted by Gasteiger charge is 2.32. The first-order valence-electron chi connectivity index (χ1n) is 10.1. The Hall–Kier alpha value is -2.75. The van der Waals surface area contributed by atoms with Crippen LogP contribution >= 0.6 is 0 Å². The topological polar surface area (TPSA) is 71.4 Å². The second-order valence-electron chi connectivity index (χ2n) is 8.61. The highest BCUT2D eigenvalue weighted by Crippen LogP contribution is 2.36. The number of hydrogen-bond acceptors (Lipinski definition) is 4. The maximum atomic E-state index is 13.3. The smallest absolute Gasteiger partial charge is 0.378 e. The van der Waals surface area contributed by atoms with Gasteiger partial charge in [0.05, 0.1) is 42.5 Å². The molecule has 1 aliphatic heterocycles. The van der Waals surface area contributed by atoms with Gasteiger partial charge in [-0.3, -0.25) is 0 Å². The fourth-order valence-corrected chi connectivity index (χ4v) is 3.35. The maximum absolute atomic E-state index is 13.3. The van der Waals surface area contributed by atoms with Gasteiger partial charge in [0, 0.05) is 32.0 Å². The van der Waals surface area contributed by atoms with E-state index in [2.05, 4.69) is 15.6 Å². The lowest BCUT2D eigenvalue weighted by atomic mass is 9.86. The van der Waals surface area contributed by atoms with E-state index in [0.717, 1.165) is 12.1 Å². The number of imidazole rings is 1. The number of carbonyl (C=O) groups excluding carboxylic acids is 1. The third kappa shape index (κ3) is 6.13. The lowest BCUT2D eigenvalue weighted by Gasteiger charge is -2.33. The minimum absolute atomic E-state index is 0.115. The third-order valence-electron chi connectivity index (χ3n) is 5.23. The standard InChI is InChI=1S/C21H28F3N5O2/c1-20(2,3)18(13-28-7-6-25-14-28)27-19(30)26-16-12-15(21(22,23)24)4-5-17(16)29-8-10-31-11-9-29/h4-7,12,14,18H,8-11,13H2,1-3H3,(H2,26,27,30). The molecule has 2 amide bonds. The van der Waals surface area contributed by atoms with Crippen molar-refractivity contribution in [3.8, 4) is 0 Å². The first-order chi connectivity index (χ1) is 14.5. The molecule has 170 valence electrons. The summed E-state index contributed by atoms with van der Waals surface area (Å²) in [7, 11) is 0. The number of amides is 2. The summed E-state index contributed by atoms with van der Waals surface area (Å²) in [4.78, 5) is 18.7. The summed E-state index contributed by atoms with van der Waals surface area (Å²) < 4.78 is 47.0. The van der Waals surface area contributed by atoms with Crippen LogP contribution in [0, 0.1) is 5.41 Å². The largest absolute Gasteiger partial charge is 0.416 e. The Morgan fingerprint density at radius 1 is 1.23 bits per heavy atom. The molecule has 0 radical (unpaired) electrons. The van der Waals surface area contributed by atoms with Crippen molar-refractivity contribution in [2.75, 3.05) is 36.5 Å². The minimum Gasteiger partial charge on any atom is -0.378 e. The van der Waals surface area contributed by atoms with Gasteiger partial charge in [0.15, 0.2) is 0 Å². The Balaban J connectivity index is 1.82. The van der Waals surface area contributed by atoms with Crippen molar-refractivity contribution in [3.63, 3.8) is 0 Å². The summed E-state index contributed by atoms with van der Waals surface area (Å²) >= 11 is 0.